The van der Waals surface area contributed by atoms with Crippen molar-refractivity contribution in [2.45, 2.75) is 39.5 Å². The molecule has 10 nitrogen and oxygen atoms in total. The fourth-order valence-electron chi connectivity index (χ4n) is 4.56. The maximum Gasteiger partial charge on any atom is 0.325 e. The molecule has 3 N–H and O–H groups in total. The summed E-state index contributed by atoms with van der Waals surface area (Å²) in [5, 5.41) is 13.1. The highest BCUT2D eigenvalue weighted by atomic mass is 16.6. The summed E-state index contributed by atoms with van der Waals surface area (Å²) in [7, 11) is 3.86. The number of nitrogens with two attached hydrogens (primary N) is 1. The summed E-state index contributed by atoms with van der Waals surface area (Å²) in [5.74, 6) is -0.744. The van der Waals surface area contributed by atoms with Gasteiger partial charge >= 0.3 is 5.97 Å². The van der Waals surface area contributed by atoms with E-state index in [0.717, 1.165) is 34.1 Å². The molecule has 10 heteroatoms. The maximum atomic E-state index is 12.8. The van der Waals surface area contributed by atoms with E-state index in [2.05, 4.69) is 16.4 Å². The predicted octanol–water partition coefficient (Wildman–Crippen LogP) is 5.13. The van der Waals surface area contributed by atoms with Crippen molar-refractivity contribution in [3.8, 4) is 28.3 Å². The number of carbonyl (C=O) groups excluding carboxylic acids is 2. The first-order chi connectivity index (χ1) is 20.6. The molecule has 0 spiro atoms. The minimum atomic E-state index is -0.732. The Kier molecular flexibility index (Phi) is 10.0. The minimum Gasteiger partial charge on any atom is -0.440 e. The topological polar surface area (TPSA) is 139 Å². The van der Waals surface area contributed by atoms with Crippen molar-refractivity contribution >= 4 is 28.6 Å². The van der Waals surface area contributed by atoms with E-state index in [1.807, 2.05) is 69.4 Å². The SMILES string of the molecule is CC[C@H](C)[C@H](N)C(=O)OC(C)n1cc(-c2cccc(C#N)c2)c2cc(-c3cncc(NC(=O)/C=C/CN(C)C)c3)cnc21. The molecule has 0 aliphatic carbocycles. The van der Waals surface area contributed by atoms with Gasteiger partial charge < -0.3 is 20.7 Å². The Hall–Kier alpha value is -4.85. The third-order valence-electron chi connectivity index (χ3n) is 7.26. The van der Waals surface area contributed by atoms with Gasteiger partial charge in [0.1, 0.15) is 11.7 Å². The number of nitrogens with one attached hydrogen (secondary N) is 1. The molecule has 0 aliphatic heterocycles. The van der Waals surface area contributed by atoms with Crippen molar-refractivity contribution < 1.29 is 14.3 Å². The second-order valence-electron chi connectivity index (χ2n) is 10.8. The number of nitriles is 1. The number of hydrogen-bond donors (Lipinski definition) is 2. The molecule has 3 heterocycles. The highest BCUT2D eigenvalue weighted by molar-refractivity contribution is 6.00. The second-order valence-corrected chi connectivity index (χ2v) is 10.8. The van der Waals surface area contributed by atoms with E-state index >= 15 is 0 Å². The molecule has 222 valence electrons. The molecule has 4 rings (SSSR count). The summed E-state index contributed by atoms with van der Waals surface area (Å²) in [6.07, 6.45) is 10.2. The number of nitrogens with zero attached hydrogens (tertiary/aromatic N) is 5. The lowest BCUT2D eigenvalue weighted by atomic mass is 10.0. The number of fused-ring (bicyclic) bond motifs is 1. The number of pyridine rings is 2. The van der Waals surface area contributed by atoms with E-state index < -0.39 is 18.2 Å². The zero-order valence-electron chi connectivity index (χ0n) is 25.1. The first-order valence-corrected chi connectivity index (χ1v) is 14.2. The first kappa shape index (κ1) is 31.1. The van der Waals surface area contributed by atoms with Crippen LogP contribution in [0.3, 0.4) is 0 Å². The largest absolute Gasteiger partial charge is 0.440 e. The van der Waals surface area contributed by atoms with Crippen LogP contribution in [-0.4, -0.2) is 58.0 Å². The normalized spacial score (nSPS) is 13.5. The van der Waals surface area contributed by atoms with Gasteiger partial charge in [0, 0.05) is 53.3 Å². The van der Waals surface area contributed by atoms with Crippen molar-refractivity contribution in [1.29, 1.82) is 5.26 Å². The van der Waals surface area contributed by atoms with Crippen LogP contribution in [0.4, 0.5) is 5.69 Å². The number of aromatic nitrogens is 3. The minimum absolute atomic E-state index is 0.0192. The van der Waals surface area contributed by atoms with Gasteiger partial charge in [-0.15, -0.1) is 0 Å². The number of benzene rings is 1. The van der Waals surface area contributed by atoms with E-state index in [9.17, 15) is 14.9 Å². The standard InChI is InChI=1S/C33H37N7O3/c1-6-21(2)31(35)33(42)43-22(3)40-20-29(24-10-7-9-23(13-24)16-34)28-15-26(18-37-32(28)40)25-14-27(19-36-17-25)38-30(41)11-8-12-39(4)5/h7-11,13-15,17-22,31H,6,12,35H2,1-5H3,(H,38,41)/b11-8+/t21-,22?,31-/m0/s1. The number of anilines is 1. The summed E-state index contributed by atoms with van der Waals surface area (Å²) in [6.45, 7) is 6.32. The van der Waals surface area contributed by atoms with Crippen LogP contribution < -0.4 is 11.1 Å². The zero-order chi connectivity index (χ0) is 31.1. The van der Waals surface area contributed by atoms with Crippen molar-refractivity contribution in [3.05, 3.63) is 78.9 Å². The molecule has 0 radical (unpaired) electrons. The molecule has 1 aromatic carbocycles. The fraction of sp³-hybridized carbons (Fsp3) is 0.303. The number of amides is 1. The van der Waals surface area contributed by atoms with Crippen LogP contribution in [0, 0.1) is 17.2 Å². The van der Waals surface area contributed by atoms with Crippen LogP contribution in [-0.2, 0) is 14.3 Å². The monoisotopic (exact) mass is 579 g/mol. The Bertz CT molecular complexity index is 1690. The Labute approximate surface area is 251 Å². The summed E-state index contributed by atoms with van der Waals surface area (Å²) >= 11 is 0. The number of ether oxygens (including phenoxy) is 1. The average Bonchev–Trinajstić information content (AvgIpc) is 3.39. The molecule has 4 aromatic rings. The molecule has 0 saturated heterocycles. The second kappa shape index (κ2) is 13.9. The van der Waals surface area contributed by atoms with Crippen molar-refractivity contribution in [1.82, 2.24) is 19.4 Å². The molecule has 0 fully saturated rings. The van der Waals surface area contributed by atoms with Gasteiger partial charge in [-0.2, -0.15) is 5.26 Å². The molecular weight excluding hydrogens is 542 g/mol. The fourth-order valence-corrected chi connectivity index (χ4v) is 4.56. The van der Waals surface area contributed by atoms with Crippen LogP contribution in [0.25, 0.3) is 33.3 Å². The first-order valence-electron chi connectivity index (χ1n) is 14.2. The van der Waals surface area contributed by atoms with Gasteiger partial charge in [0.2, 0.25) is 5.91 Å². The van der Waals surface area contributed by atoms with Gasteiger partial charge in [-0.1, -0.05) is 38.5 Å². The summed E-state index contributed by atoms with van der Waals surface area (Å²) in [6, 6.07) is 12.6. The van der Waals surface area contributed by atoms with Gasteiger partial charge in [-0.05, 0) is 56.8 Å². The van der Waals surface area contributed by atoms with E-state index in [1.54, 1.807) is 42.2 Å². The van der Waals surface area contributed by atoms with Crippen LogP contribution in [0.15, 0.2) is 73.3 Å². The van der Waals surface area contributed by atoms with Crippen LogP contribution >= 0.6 is 0 Å². The zero-order valence-corrected chi connectivity index (χ0v) is 25.1. The van der Waals surface area contributed by atoms with Crippen LogP contribution in [0.5, 0.6) is 0 Å². The smallest absolute Gasteiger partial charge is 0.325 e. The Morgan fingerprint density at radius 2 is 1.91 bits per heavy atom. The lowest BCUT2D eigenvalue weighted by Gasteiger charge is -2.21. The quantitative estimate of drug-likeness (QED) is 0.184. The molecule has 0 saturated carbocycles. The summed E-state index contributed by atoms with van der Waals surface area (Å²) in [4.78, 5) is 36.2. The van der Waals surface area contributed by atoms with Gasteiger partial charge in [0.25, 0.3) is 0 Å². The lowest BCUT2D eigenvalue weighted by molar-refractivity contribution is -0.155. The lowest BCUT2D eigenvalue weighted by Crippen LogP contribution is -2.38. The number of rotatable bonds is 11. The molecule has 1 amide bonds. The number of likely N-dealkylation sites (N-methyl/N-ethyl adjacent to an activating group) is 1. The Morgan fingerprint density at radius 1 is 1.14 bits per heavy atom. The maximum absolute atomic E-state index is 12.8. The third-order valence-corrected chi connectivity index (χ3v) is 7.26. The number of hydrogen-bond acceptors (Lipinski definition) is 8. The highest BCUT2D eigenvalue weighted by Crippen LogP contribution is 2.35. The number of esters is 1. The molecule has 1 unspecified atom stereocenters. The third kappa shape index (κ3) is 7.52. The van der Waals surface area contributed by atoms with Crippen molar-refractivity contribution in [3.63, 3.8) is 0 Å². The molecule has 0 bridgehead atoms. The van der Waals surface area contributed by atoms with E-state index in [4.69, 9.17) is 15.5 Å². The highest BCUT2D eigenvalue weighted by Gasteiger charge is 2.25. The van der Waals surface area contributed by atoms with Crippen LogP contribution in [0.2, 0.25) is 0 Å². The Morgan fingerprint density at radius 3 is 2.63 bits per heavy atom. The van der Waals surface area contributed by atoms with Crippen molar-refractivity contribution in [2.75, 3.05) is 26.0 Å². The van der Waals surface area contributed by atoms with E-state index in [-0.39, 0.29) is 11.8 Å². The summed E-state index contributed by atoms with van der Waals surface area (Å²) < 4.78 is 7.58. The molecule has 3 aromatic heterocycles. The average molecular weight is 580 g/mol. The Balaban J connectivity index is 1.73. The predicted molar refractivity (Wildman–Crippen MR) is 168 cm³/mol. The molecule has 0 aliphatic rings. The van der Waals surface area contributed by atoms with Crippen LogP contribution in [0.1, 0.15) is 39.0 Å². The van der Waals surface area contributed by atoms with Gasteiger partial charge in [0.05, 0.1) is 23.5 Å². The molecule has 3 atom stereocenters. The van der Waals surface area contributed by atoms with Gasteiger partial charge in [0.15, 0.2) is 6.23 Å². The van der Waals surface area contributed by atoms with E-state index in [1.165, 1.54) is 6.08 Å². The van der Waals surface area contributed by atoms with Crippen molar-refractivity contribution in [2.24, 2.45) is 11.7 Å². The number of carbonyl (C=O) groups is 2. The van der Waals surface area contributed by atoms with Gasteiger partial charge in [-0.25, -0.2) is 4.98 Å². The summed E-state index contributed by atoms with van der Waals surface area (Å²) in [5.41, 5.74) is 11.0. The van der Waals surface area contributed by atoms with E-state index in [0.29, 0.717) is 23.4 Å². The van der Waals surface area contributed by atoms with Gasteiger partial charge in [-0.3, -0.25) is 19.1 Å². The molecular formula is C33H37N7O3. The molecule has 43 heavy (non-hydrogen) atoms.